The zero-order chi connectivity index (χ0) is 27.7. The van der Waals surface area contributed by atoms with Gasteiger partial charge in [0.15, 0.2) is 0 Å². The third-order valence-corrected chi connectivity index (χ3v) is 10.4. The van der Waals surface area contributed by atoms with Crippen LogP contribution in [0.2, 0.25) is 0 Å². The number of carbonyl (C=O) groups excluding carboxylic acids is 1. The number of hydrogen-bond acceptors (Lipinski definition) is 7. The van der Waals surface area contributed by atoms with Crippen molar-refractivity contribution in [3.8, 4) is 0 Å². The second-order valence-electron chi connectivity index (χ2n) is 11.6. The fraction of sp³-hybridized carbons (Fsp3) is 0.667. The minimum Gasteiger partial charge on any atom is -0.382 e. The Kier molecular flexibility index (Phi) is 8.81. The Morgan fingerprint density at radius 3 is 2.54 bits per heavy atom. The topological polar surface area (TPSA) is 78.1 Å². The molecule has 4 heterocycles. The first-order valence-corrected chi connectivity index (χ1v) is 15.3. The summed E-state index contributed by atoms with van der Waals surface area (Å²) in [4.78, 5) is 37.5. The molecule has 1 saturated heterocycles. The van der Waals surface area contributed by atoms with Gasteiger partial charge in [-0.05, 0) is 76.5 Å². The van der Waals surface area contributed by atoms with Crippen LogP contribution in [0.4, 0.5) is 5.00 Å². The third kappa shape index (κ3) is 5.97. The monoisotopic (exact) mass is 556 g/mol. The van der Waals surface area contributed by atoms with Crippen LogP contribution < -0.4 is 10.5 Å². The van der Waals surface area contributed by atoms with E-state index in [4.69, 9.17) is 9.47 Å². The van der Waals surface area contributed by atoms with Crippen LogP contribution in [0.3, 0.4) is 0 Å². The second kappa shape index (κ2) is 12.1. The number of anilines is 1. The van der Waals surface area contributed by atoms with E-state index in [9.17, 15) is 9.59 Å². The van der Waals surface area contributed by atoms with Crippen LogP contribution >= 0.6 is 11.3 Å². The van der Waals surface area contributed by atoms with E-state index in [1.54, 1.807) is 18.4 Å². The molecule has 0 atom stereocenters. The third-order valence-electron chi connectivity index (χ3n) is 8.94. The van der Waals surface area contributed by atoms with E-state index >= 15 is 0 Å². The van der Waals surface area contributed by atoms with Gasteiger partial charge >= 0.3 is 0 Å². The Morgan fingerprint density at radius 2 is 1.85 bits per heavy atom. The lowest BCUT2D eigenvalue weighted by Crippen LogP contribution is -2.58. The molecule has 2 aromatic rings. The molecule has 2 aromatic heterocycles. The highest BCUT2D eigenvalue weighted by molar-refractivity contribution is 7.16. The molecule has 1 aliphatic carbocycles. The van der Waals surface area contributed by atoms with Crippen LogP contribution in [-0.4, -0.2) is 85.9 Å². The Morgan fingerprint density at radius 1 is 1.10 bits per heavy atom. The molecule has 0 radical (unpaired) electrons. The van der Waals surface area contributed by atoms with Crippen molar-refractivity contribution in [1.29, 1.82) is 0 Å². The normalized spacial score (nSPS) is 22.5. The van der Waals surface area contributed by atoms with E-state index < -0.39 is 0 Å². The van der Waals surface area contributed by atoms with Gasteiger partial charge in [-0.25, -0.2) is 0 Å². The van der Waals surface area contributed by atoms with Gasteiger partial charge in [0.1, 0.15) is 0 Å². The molecule has 5 rings (SSSR count). The fourth-order valence-electron chi connectivity index (χ4n) is 6.61. The van der Waals surface area contributed by atoms with Gasteiger partial charge in [0.2, 0.25) is 0 Å². The largest absolute Gasteiger partial charge is 0.382 e. The van der Waals surface area contributed by atoms with Gasteiger partial charge in [-0.3, -0.25) is 14.5 Å². The van der Waals surface area contributed by atoms with Crippen LogP contribution in [-0.2, 0) is 22.4 Å². The number of likely N-dealkylation sites (tertiary alicyclic amines) is 1. The maximum atomic E-state index is 13.8. The lowest BCUT2D eigenvalue weighted by atomic mass is 9.87. The predicted octanol–water partition coefficient (Wildman–Crippen LogP) is 4.04. The van der Waals surface area contributed by atoms with E-state index in [-0.39, 0.29) is 11.5 Å². The molecule has 1 N–H and O–H groups in total. The summed E-state index contributed by atoms with van der Waals surface area (Å²) < 4.78 is 10.9. The maximum Gasteiger partial charge on any atom is 0.255 e. The first-order chi connectivity index (χ1) is 18.8. The van der Waals surface area contributed by atoms with Crippen LogP contribution in [0.1, 0.15) is 69.7 Å². The van der Waals surface area contributed by atoms with Crippen molar-refractivity contribution in [3.05, 3.63) is 49.2 Å². The number of carbonyl (C=O) groups is 1. The van der Waals surface area contributed by atoms with Crippen molar-refractivity contribution >= 4 is 22.2 Å². The van der Waals surface area contributed by atoms with Crippen LogP contribution in [0.15, 0.2) is 10.9 Å². The van der Waals surface area contributed by atoms with Crippen molar-refractivity contribution < 1.29 is 14.3 Å². The Bertz CT molecular complexity index is 1230. The molecule has 2 fully saturated rings. The number of hydrogen-bond donors (Lipinski definition) is 1. The minimum absolute atomic E-state index is 0.0686. The van der Waals surface area contributed by atoms with E-state index in [2.05, 4.69) is 28.8 Å². The van der Waals surface area contributed by atoms with Crippen molar-refractivity contribution in [2.45, 2.75) is 84.0 Å². The van der Waals surface area contributed by atoms with Gasteiger partial charge in [-0.2, -0.15) is 0 Å². The Labute approximate surface area is 236 Å². The maximum absolute atomic E-state index is 13.8. The lowest BCUT2D eigenvalue weighted by Gasteiger charge is -2.47. The highest BCUT2D eigenvalue weighted by Crippen LogP contribution is 2.41. The SMILES string of the molecule is COCCOC1CN([C@H]2CC[C@H](N(C)c3sc4c(c3C)C(=O)N(Cc3c(C)cc(C)[nH]c3=O)CCC4)CC2)C1. The molecular weight excluding hydrogens is 512 g/mol. The number of aromatic nitrogens is 1. The minimum atomic E-state index is -0.0878. The number of ether oxygens (including phenoxy) is 2. The number of fused-ring (bicyclic) bond motifs is 1. The fourth-order valence-corrected chi connectivity index (χ4v) is 7.98. The average Bonchev–Trinajstić information content (AvgIpc) is 3.12. The molecule has 0 spiro atoms. The molecular formula is C30H44N4O4S. The number of amides is 1. The predicted molar refractivity (Wildman–Crippen MR) is 156 cm³/mol. The van der Waals surface area contributed by atoms with Crippen molar-refractivity contribution in [1.82, 2.24) is 14.8 Å². The van der Waals surface area contributed by atoms with Crippen molar-refractivity contribution in [3.63, 3.8) is 0 Å². The molecule has 2 aliphatic heterocycles. The number of aryl methyl sites for hydroxylation is 3. The summed E-state index contributed by atoms with van der Waals surface area (Å²) in [6, 6.07) is 3.14. The molecule has 3 aliphatic rings. The average molecular weight is 557 g/mol. The summed E-state index contributed by atoms with van der Waals surface area (Å²) in [5.74, 6) is 0.0686. The zero-order valence-electron chi connectivity index (χ0n) is 24.2. The zero-order valence-corrected chi connectivity index (χ0v) is 25.0. The number of nitrogens with one attached hydrogen (secondary N) is 1. The van der Waals surface area contributed by atoms with E-state index in [1.807, 2.05) is 24.8 Å². The summed E-state index contributed by atoms with van der Waals surface area (Å²) in [6.45, 7) is 10.4. The number of methoxy groups -OCH3 is 1. The van der Waals surface area contributed by atoms with E-state index in [0.29, 0.717) is 50.1 Å². The van der Waals surface area contributed by atoms with Gasteiger partial charge in [0, 0.05) is 62.0 Å². The van der Waals surface area contributed by atoms with Gasteiger partial charge in [-0.15, -0.1) is 11.3 Å². The summed E-state index contributed by atoms with van der Waals surface area (Å²) >= 11 is 1.80. The second-order valence-corrected chi connectivity index (χ2v) is 12.7. The smallest absolute Gasteiger partial charge is 0.255 e. The van der Waals surface area contributed by atoms with E-state index in [0.717, 1.165) is 48.3 Å². The molecule has 214 valence electrons. The van der Waals surface area contributed by atoms with Crippen molar-refractivity contribution in [2.24, 2.45) is 0 Å². The summed E-state index contributed by atoms with van der Waals surface area (Å²) in [5, 5.41) is 1.23. The van der Waals surface area contributed by atoms with E-state index in [1.165, 1.54) is 35.6 Å². The van der Waals surface area contributed by atoms with Gasteiger partial charge in [0.25, 0.3) is 11.5 Å². The van der Waals surface area contributed by atoms with Crippen LogP contribution in [0.25, 0.3) is 0 Å². The Balaban J connectivity index is 1.22. The molecule has 0 bridgehead atoms. The highest BCUT2D eigenvalue weighted by atomic mass is 32.1. The van der Waals surface area contributed by atoms with Gasteiger partial charge in [-0.1, -0.05) is 0 Å². The molecule has 9 heteroatoms. The number of pyridine rings is 1. The lowest BCUT2D eigenvalue weighted by molar-refractivity contribution is -0.0868. The summed E-state index contributed by atoms with van der Waals surface area (Å²) in [6.07, 6.45) is 6.95. The first kappa shape index (κ1) is 28.3. The molecule has 0 aromatic carbocycles. The molecule has 39 heavy (non-hydrogen) atoms. The number of nitrogens with zero attached hydrogens (tertiary/aromatic N) is 3. The Hall–Kier alpha value is -2.20. The van der Waals surface area contributed by atoms with Gasteiger partial charge in [0.05, 0.1) is 36.4 Å². The van der Waals surface area contributed by atoms with Crippen LogP contribution in [0, 0.1) is 20.8 Å². The quantitative estimate of drug-likeness (QED) is 0.470. The molecule has 0 unspecified atom stereocenters. The molecule has 8 nitrogen and oxygen atoms in total. The standard InChI is InChI=1S/C30H44N4O4S/c1-19-15-20(2)31-28(35)25(19)18-33-12-6-7-26-27(29(33)36)21(3)30(39-26)32(4)22-8-10-23(11-9-22)34-16-24(17-34)38-14-13-37-5/h15,22-24H,6-14,16-18H2,1-5H3,(H,31,35)/t22-,23-. The van der Waals surface area contributed by atoms with Crippen LogP contribution in [0.5, 0.6) is 0 Å². The highest BCUT2D eigenvalue weighted by Gasteiger charge is 2.37. The van der Waals surface area contributed by atoms with Gasteiger partial charge < -0.3 is 24.3 Å². The summed E-state index contributed by atoms with van der Waals surface area (Å²) in [7, 11) is 3.92. The number of rotatable bonds is 9. The number of H-pyrrole nitrogens is 1. The number of aromatic amines is 1. The molecule has 1 amide bonds. The van der Waals surface area contributed by atoms with Crippen molar-refractivity contribution in [2.75, 3.05) is 51.9 Å². The first-order valence-electron chi connectivity index (χ1n) is 14.4. The summed E-state index contributed by atoms with van der Waals surface area (Å²) in [5.41, 5.74) is 4.37. The number of thiophene rings is 1. The molecule has 1 saturated carbocycles.